The monoisotopic (exact) mass is 435 g/mol. The van der Waals surface area contributed by atoms with Crippen LogP contribution in [0.4, 0.5) is 5.82 Å². The Bertz CT molecular complexity index is 1230. The van der Waals surface area contributed by atoms with Gasteiger partial charge >= 0.3 is 5.97 Å². The molecule has 0 unspecified atom stereocenters. The zero-order valence-electron chi connectivity index (χ0n) is 16.2. The molecule has 7 nitrogen and oxygen atoms in total. The van der Waals surface area contributed by atoms with Gasteiger partial charge in [0, 0.05) is 28.9 Å². The van der Waals surface area contributed by atoms with Crippen LogP contribution >= 0.6 is 11.6 Å². The smallest absolute Gasteiger partial charge is 0.341 e. The molecule has 0 aliphatic heterocycles. The third-order valence-electron chi connectivity index (χ3n) is 4.69. The van der Waals surface area contributed by atoms with Crippen molar-refractivity contribution in [2.75, 3.05) is 11.9 Å². The molecule has 31 heavy (non-hydrogen) atoms. The molecule has 1 atom stereocenters. The lowest BCUT2D eigenvalue weighted by molar-refractivity contribution is -0.139. The first-order valence-corrected chi connectivity index (χ1v) is 9.79. The highest BCUT2D eigenvalue weighted by atomic mass is 35.5. The summed E-state index contributed by atoms with van der Waals surface area (Å²) in [5, 5.41) is 24.4. The summed E-state index contributed by atoms with van der Waals surface area (Å²) < 4.78 is 5.51. The fourth-order valence-corrected chi connectivity index (χ4v) is 3.61. The van der Waals surface area contributed by atoms with Gasteiger partial charge in [-0.15, -0.1) is 0 Å². The Kier molecular flexibility index (Phi) is 5.86. The second kappa shape index (κ2) is 8.89. The molecular weight excluding hydrogens is 418 g/mol. The average Bonchev–Trinajstić information content (AvgIpc) is 2.80. The van der Waals surface area contributed by atoms with E-state index in [0.29, 0.717) is 38.6 Å². The molecule has 0 aliphatic rings. The van der Waals surface area contributed by atoms with Gasteiger partial charge in [-0.05, 0) is 36.4 Å². The van der Waals surface area contributed by atoms with Crippen molar-refractivity contribution in [3.05, 3.63) is 89.2 Å². The van der Waals surface area contributed by atoms with E-state index < -0.39 is 18.6 Å². The lowest BCUT2D eigenvalue weighted by atomic mass is 9.95. The highest BCUT2D eigenvalue weighted by Crippen LogP contribution is 2.41. The van der Waals surface area contributed by atoms with Gasteiger partial charge in [0.2, 0.25) is 0 Å². The summed E-state index contributed by atoms with van der Waals surface area (Å²) in [5.74, 6) is -0.224. The van der Waals surface area contributed by atoms with Crippen LogP contribution in [-0.2, 0) is 4.79 Å². The molecule has 0 radical (unpaired) electrons. The molecular formula is C23H18ClN3O4. The second-order valence-corrected chi connectivity index (χ2v) is 7.12. The molecule has 0 bridgehead atoms. The minimum atomic E-state index is -1.09. The van der Waals surface area contributed by atoms with Crippen molar-refractivity contribution in [1.82, 2.24) is 9.97 Å². The fraction of sp³-hybridized carbons (Fsp3) is 0.0870. The maximum Gasteiger partial charge on any atom is 0.341 e. The van der Waals surface area contributed by atoms with Crippen molar-refractivity contribution < 1.29 is 19.7 Å². The molecule has 0 saturated heterocycles. The summed E-state index contributed by atoms with van der Waals surface area (Å²) in [4.78, 5) is 19.6. The molecule has 0 aliphatic carbocycles. The molecule has 0 saturated carbocycles. The molecule has 0 fully saturated rings. The van der Waals surface area contributed by atoms with E-state index in [1.807, 2.05) is 6.07 Å². The lowest BCUT2D eigenvalue weighted by Gasteiger charge is -2.24. The Hall–Kier alpha value is -3.84. The van der Waals surface area contributed by atoms with Crippen LogP contribution in [-0.4, -0.2) is 32.8 Å². The Morgan fingerprint density at radius 1 is 1.03 bits per heavy atom. The number of ether oxygens (including phenoxy) is 1. The van der Waals surface area contributed by atoms with Gasteiger partial charge in [-0.25, -0.2) is 9.78 Å². The maximum absolute atomic E-state index is 11.1. The second-order valence-electron chi connectivity index (χ2n) is 6.71. The van der Waals surface area contributed by atoms with Gasteiger partial charge in [-0.2, -0.15) is 0 Å². The number of rotatable bonds is 7. The molecule has 4 rings (SSSR count). The number of phenols is 1. The number of hydrogen-bond acceptors (Lipinski definition) is 6. The molecule has 0 spiro atoms. The van der Waals surface area contributed by atoms with Crippen LogP contribution < -0.4 is 10.1 Å². The zero-order chi connectivity index (χ0) is 21.8. The van der Waals surface area contributed by atoms with E-state index in [1.54, 1.807) is 67.0 Å². The third kappa shape index (κ3) is 4.36. The number of fused-ring (bicyclic) bond motifs is 1. The van der Waals surface area contributed by atoms with Crippen LogP contribution in [0.15, 0.2) is 73.1 Å². The third-order valence-corrected chi connectivity index (χ3v) is 5.01. The van der Waals surface area contributed by atoms with Gasteiger partial charge in [-0.3, -0.25) is 4.98 Å². The number of aliphatic carboxylic acids is 1. The number of nitrogens with zero attached hydrogens (tertiary/aromatic N) is 2. The van der Waals surface area contributed by atoms with E-state index in [9.17, 15) is 9.90 Å². The number of pyridine rings is 2. The number of hydrogen-bond donors (Lipinski definition) is 3. The van der Waals surface area contributed by atoms with Crippen molar-refractivity contribution >= 4 is 34.3 Å². The van der Waals surface area contributed by atoms with Gasteiger partial charge in [0.05, 0.1) is 11.1 Å². The Morgan fingerprint density at radius 3 is 2.58 bits per heavy atom. The standard InChI is InChI=1S/C23H18ClN3O4/c24-17-12-16(23(30)22-14(17)7-5-11-26-22)21(27-19-9-3-4-10-25-19)15-6-1-2-8-18(15)31-13-20(28)29/h1-12,21,30H,13H2,(H,25,27)(H,28,29)/t21-/m0/s1. The average molecular weight is 436 g/mol. The predicted octanol–water partition coefficient (Wildman–Crippen LogP) is 4.65. The molecule has 8 heteroatoms. The molecule has 3 N–H and O–H groups in total. The zero-order valence-corrected chi connectivity index (χ0v) is 17.0. The van der Waals surface area contributed by atoms with Gasteiger partial charge in [0.25, 0.3) is 0 Å². The van der Waals surface area contributed by atoms with Crippen molar-refractivity contribution in [3.63, 3.8) is 0 Å². The van der Waals surface area contributed by atoms with E-state index in [4.69, 9.17) is 21.4 Å². The Labute approximate surface area is 182 Å². The maximum atomic E-state index is 11.1. The number of aromatic hydroxyl groups is 1. The van der Waals surface area contributed by atoms with Crippen LogP contribution in [0.3, 0.4) is 0 Å². The summed E-state index contributed by atoms with van der Waals surface area (Å²) in [6.07, 6.45) is 3.22. The van der Waals surface area contributed by atoms with Crippen molar-refractivity contribution in [2.24, 2.45) is 0 Å². The number of phenolic OH excluding ortho intramolecular Hbond substituents is 1. The largest absolute Gasteiger partial charge is 0.505 e. The molecule has 2 heterocycles. The minimum absolute atomic E-state index is 0.0403. The number of benzene rings is 2. The van der Waals surface area contributed by atoms with Crippen LogP contribution in [0.1, 0.15) is 17.2 Å². The number of carbonyl (C=O) groups is 1. The molecule has 0 amide bonds. The predicted molar refractivity (Wildman–Crippen MR) is 118 cm³/mol. The minimum Gasteiger partial charge on any atom is -0.505 e. The topological polar surface area (TPSA) is 105 Å². The van der Waals surface area contributed by atoms with Crippen molar-refractivity contribution in [1.29, 1.82) is 0 Å². The summed E-state index contributed by atoms with van der Waals surface area (Å²) in [6.45, 7) is -0.501. The first-order chi connectivity index (χ1) is 15.0. The first kappa shape index (κ1) is 20.4. The van der Waals surface area contributed by atoms with Gasteiger partial charge in [0.1, 0.15) is 22.8 Å². The quantitative estimate of drug-likeness (QED) is 0.388. The van der Waals surface area contributed by atoms with Crippen LogP contribution in [0, 0.1) is 0 Å². The summed E-state index contributed by atoms with van der Waals surface area (Å²) >= 11 is 6.51. The van der Waals surface area contributed by atoms with Crippen molar-refractivity contribution in [2.45, 2.75) is 6.04 Å². The van der Waals surface area contributed by atoms with Gasteiger partial charge in [0.15, 0.2) is 6.61 Å². The van der Waals surface area contributed by atoms with E-state index >= 15 is 0 Å². The molecule has 2 aromatic carbocycles. The molecule has 2 aromatic heterocycles. The number of para-hydroxylation sites is 1. The highest BCUT2D eigenvalue weighted by molar-refractivity contribution is 6.35. The highest BCUT2D eigenvalue weighted by Gasteiger charge is 2.25. The van der Waals surface area contributed by atoms with Gasteiger partial charge < -0.3 is 20.3 Å². The number of carboxylic acid groups (broad SMARTS) is 1. The summed E-state index contributed by atoms with van der Waals surface area (Å²) in [5.41, 5.74) is 1.42. The SMILES string of the molecule is O=C(O)COc1ccccc1[C@H](Nc1ccccn1)c1cc(Cl)c2cccnc2c1O. The molecule has 156 valence electrons. The van der Waals surface area contributed by atoms with E-state index in [-0.39, 0.29) is 5.75 Å². The van der Waals surface area contributed by atoms with Gasteiger partial charge in [-0.1, -0.05) is 35.9 Å². The van der Waals surface area contributed by atoms with Crippen molar-refractivity contribution in [3.8, 4) is 11.5 Å². The number of carboxylic acids is 1. The van der Waals surface area contributed by atoms with Crippen LogP contribution in [0.5, 0.6) is 11.5 Å². The Balaban J connectivity index is 1.88. The van der Waals surface area contributed by atoms with Crippen LogP contribution in [0.25, 0.3) is 10.9 Å². The number of aromatic nitrogens is 2. The fourth-order valence-electron chi connectivity index (χ4n) is 3.34. The Morgan fingerprint density at radius 2 is 1.81 bits per heavy atom. The summed E-state index contributed by atoms with van der Waals surface area (Å²) in [6, 6.07) is 16.9. The number of anilines is 1. The lowest BCUT2D eigenvalue weighted by Crippen LogP contribution is -2.17. The number of halogens is 1. The first-order valence-electron chi connectivity index (χ1n) is 9.42. The van der Waals surface area contributed by atoms with Crippen LogP contribution in [0.2, 0.25) is 5.02 Å². The molecule has 4 aromatic rings. The summed E-state index contributed by atoms with van der Waals surface area (Å²) in [7, 11) is 0. The van der Waals surface area contributed by atoms with E-state index in [1.165, 1.54) is 0 Å². The number of nitrogens with one attached hydrogen (secondary N) is 1. The normalized spacial score (nSPS) is 11.8. The van der Waals surface area contributed by atoms with E-state index in [2.05, 4.69) is 15.3 Å². The van der Waals surface area contributed by atoms with E-state index in [0.717, 1.165) is 0 Å².